The lowest BCUT2D eigenvalue weighted by molar-refractivity contribution is 0.0793. The predicted octanol–water partition coefficient (Wildman–Crippen LogP) is 2.81. The molecule has 1 saturated heterocycles. The molecule has 3 nitrogen and oxygen atoms in total. The molecule has 18 heavy (non-hydrogen) atoms. The fourth-order valence-corrected chi connectivity index (χ4v) is 2.51. The first-order valence-electron chi connectivity index (χ1n) is 6.90. The van der Waals surface area contributed by atoms with Gasteiger partial charge in [-0.25, -0.2) is 0 Å². The lowest BCUT2D eigenvalue weighted by Crippen LogP contribution is -2.27. The fourth-order valence-electron chi connectivity index (χ4n) is 2.51. The smallest absolute Gasteiger partial charge is 0.253 e. The summed E-state index contributed by atoms with van der Waals surface area (Å²) in [4.78, 5) is 14.2. The summed E-state index contributed by atoms with van der Waals surface area (Å²) in [6, 6.07) is 6.68. The number of hydrogen-bond acceptors (Lipinski definition) is 2. The van der Waals surface area contributed by atoms with Gasteiger partial charge in [-0.05, 0) is 56.4 Å². The Kier molecular flexibility index (Phi) is 2.98. The molecular formula is C15H20N2O. The van der Waals surface area contributed by atoms with Gasteiger partial charge in [-0.2, -0.15) is 0 Å². The number of aryl methyl sites for hydroxylation is 1. The number of carbonyl (C=O) groups excluding carboxylic acids is 1. The predicted molar refractivity (Wildman–Crippen MR) is 73.0 cm³/mol. The maximum atomic E-state index is 12.3. The first kappa shape index (κ1) is 11.6. The van der Waals surface area contributed by atoms with Gasteiger partial charge in [-0.15, -0.1) is 0 Å². The quantitative estimate of drug-likeness (QED) is 0.886. The zero-order valence-electron chi connectivity index (χ0n) is 10.9. The minimum atomic E-state index is 0.188. The molecule has 1 aromatic rings. The minimum absolute atomic E-state index is 0.188. The molecule has 1 aliphatic heterocycles. The highest BCUT2D eigenvalue weighted by Crippen LogP contribution is 2.27. The fraction of sp³-hybridized carbons (Fsp3) is 0.533. The molecule has 0 atom stereocenters. The van der Waals surface area contributed by atoms with Gasteiger partial charge in [-0.1, -0.05) is 0 Å². The molecule has 0 spiro atoms. The molecule has 96 valence electrons. The van der Waals surface area contributed by atoms with Gasteiger partial charge < -0.3 is 10.2 Å². The SMILES string of the molecule is Cc1cc(C(=O)N2CCCC2)ccc1NC1CC1. The van der Waals surface area contributed by atoms with E-state index >= 15 is 0 Å². The summed E-state index contributed by atoms with van der Waals surface area (Å²) in [5.74, 6) is 0.188. The molecule has 1 N–H and O–H groups in total. The normalized spacial score (nSPS) is 19.1. The van der Waals surface area contributed by atoms with Crippen LogP contribution in [-0.4, -0.2) is 29.9 Å². The largest absolute Gasteiger partial charge is 0.382 e. The molecule has 2 aliphatic rings. The summed E-state index contributed by atoms with van der Waals surface area (Å²) < 4.78 is 0. The van der Waals surface area contributed by atoms with Gasteiger partial charge in [0.25, 0.3) is 5.91 Å². The molecule has 1 aliphatic carbocycles. The van der Waals surface area contributed by atoms with E-state index in [1.807, 2.05) is 17.0 Å². The molecule has 0 aromatic heterocycles. The molecule has 0 radical (unpaired) electrons. The van der Waals surface area contributed by atoms with Crippen LogP contribution in [0.5, 0.6) is 0 Å². The Morgan fingerprint density at radius 2 is 2.00 bits per heavy atom. The molecule has 1 aromatic carbocycles. The summed E-state index contributed by atoms with van der Waals surface area (Å²) in [5.41, 5.74) is 3.18. The number of likely N-dealkylation sites (tertiary alicyclic amines) is 1. The van der Waals surface area contributed by atoms with Crippen molar-refractivity contribution < 1.29 is 4.79 Å². The molecule has 0 bridgehead atoms. The van der Waals surface area contributed by atoms with Gasteiger partial charge in [-0.3, -0.25) is 4.79 Å². The molecule has 3 heteroatoms. The highest BCUT2D eigenvalue weighted by atomic mass is 16.2. The molecule has 1 heterocycles. The maximum Gasteiger partial charge on any atom is 0.253 e. The number of benzene rings is 1. The first-order valence-corrected chi connectivity index (χ1v) is 6.90. The monoisotopic (exact) mass is 244 g/mol. The summed E-state index contributed by atoms with van der Waals surface area (Å²) in [5, 5.41) is 3.49. The Balaban J connectivity index is 1.75. The van der Waals surface area contributed by atoms with Gasteiger partial charge in [0.1, 0.15) is 0 Å². The Morgan fingerprint density at radius 1 is 1.28 bits per heavy atom. The number of anilines is 1. The van der Waals surface area contributed by atoms with Crippen molar-refractivity contribution >= 4 is 11.6 Å². The van der Waals surface area contributed by atoms with Crippen LogP contribution in [0.3, 0.4) is 0 Å². The van der Waals surface area contributed by atoms with Crippen molar-refractivity contribution in [2.45, 2.75) is 38.6 Å². The average molecular weight is 244 g/mol. The zero-order valence-corrected chi connectivity index (χ0v) is 10.9. The molecule has 2 fully saturated rings. The van der Waals surface area contributed by atoms with E-state index in [1.54, 1.807) is 0 Å². The third-order valence-corrected chi connectivity index (χ3v) is 3.80. The Labute approximate surface area is 108 Å². The second kappa shape index (κ2) is 4.63. The molecule has 1 saturated carbocycles. The first-order chi connectivity index (χ1) is 8.74. The standard InChI is InChI=1S/C15H20N2O/c1-11-10-12(15(18)17-8-2-3-9-17)4-7-14(11)16-13-5-6-13/h4,7,10,13,16H,2-3,5-6,8-9H2,1H3. The van der Waals surface area contributed by atoms with Crippen LogP contribution in [-0.2, 0) is 0 Å². The van der Waals surface area contributed by atoms with Crippen molar-refractivity contribution in [1.82, 2.24) is 4.90 Å². The van der Waals surface area contributed by atoms with Gasteiger partial charge in [0, 0.05) is 30.4 Å². The lowest BCUT2D eigenvalue weighted by atomic mass is 10.1. The van der Waals surface area contributed by atoms with Crippen molar-refractivity contribution in [1.29, 1.82) is 0 Å². The molecule has 0 unspecified atom stereocenters. The zero-order chi connectivity index (χ0) is 12.5. The van der Waals surface area contributed by atoms with Crippen LogP contribution in [0.2, 0.25) is 0 Å². The second-order valence-electron chi connectivity index (χ2n) is 5.45. The van der Waals surface area contributed by atoms with E-state index in [-0.39, 0.29) is 5.91 Å². The number of rotatable bonds is 3. The average Bonchev–Trinajstić information content (AvgIpc) is 3.02. The van der Waals surface area contributed by atoms with Crippen molar-refractivity contribution in [2.75, 3.05) is 18.4 Å². The van der Waals surface area contributed by atoms with Crippen LogP contribution >= 0.6 is 0 Å². The topological polar surface area (TPSA) is 32.3 Å². The van der Waals surface area contributed by atoms with Gasteiger partial charge >= 0.3 is 0 Å². The summed E-state index contributed by atoms with van der Waals surface area (Å²) in [6.07, 6.45) is 4.83. The van der Waals surface area contributed by atoms with E-state index in [2.05, 4.69) is 18.3 Å². The highest BCUT2D eigenvalue weighted by Gasteiger charge is 2.23. The van der Waals surface area contributed by atoms with Crippen LogP contribution < -0.4 is 5.32 Å². The third-order valence-electron chi connectivity index (χ3n) is 3.80. The number of amides is 1. The minimum Gasteiger partial charge on any atom is -0.382 e. The number of hydrogen-bond donors (Lipinski definition) is 1. The van der Waals surface area contributed by atoms with Crippen LogP contribution in [0.25, 0.3) is 0 Å². The van der Waals surface area contributed by atoms with E-state index in [4.69, 9.17) is 0 Å². The summed E-state index contributed by atoms with van der Waals surface area (Å²) >= 11 is 0. The van der Waals surface area contributed by atoms with Gasteiger partial charge in [0.2, 0.25) is 0 Å². The Morgan fingerprint density at radius 3 is 2.61 bits per heavy atom. The lowest BCUT2D eigenvalue weighted by Gasteiger charge is -2.16. The van der Waals surface area contributed by atoms with Crippen LogP contribution in [0.4, 0.5) is 5.69 Å². The van der Waals surface area contributed by atoms with Crippen molar-refractivity contribution in [3.63, 3.8) is 0 Å². The number of carbonyl (C=O) groups is 1. The maximum absolute atomic E-state index is 12.3. The van der Waals surface area contributed by atoms with Crippen molar-refractivity contribution in [3.8, 4) is 0 Å². The number of nitrogens with one attached hydrogen (secondary N) is 1. The molecule has 3 rings (SSSR count). The summed E-state index contributed by atoms with van der Waals surface area (Å²) in [6.45, 7) is 3.91. The van der Waals surface area contributed by atoms with E-state index < -0.39 is 0 Å². The highest BCUT2D eigenvalue weighted by molar-refractivity contribution is 5.95. The van der Waals surface area contributed by atoms with Crippen molar-refractivity contribution in [3.05, 3.63) is 29.3 Å². The van der Waals surface area contributed by atoms with E-state index in [0.29, 0.717) is 6.04 Å². The molecule has 1 amide bonds. The van der Waals surface area contributed by atoms with Crippen LogP contribution in [0, 0.1) is 6.92 Å². The Bertz CT molecular complexity index is 460. The van der Waals surface area contributed by atoms with Crippen molar-refractivity contribution in [2.24, 2.45) is 0 Å². The van der Waals surface area contributed by atoms with E-state index in [0.717, 1.165) is 31.5 Å². The van der Waals surface area contributed by atoms with E-state index in [1.165, 1.54) is 24.1 Å². The summed E-state index contributed by atoms with van der Waals surface area (Å²) in [7, 11) is 0. The number of nitrogens with zero attached hydrogens (tertiary/aromatic N) is 1. The van der Waals surface area contributed by atoms with Crippen LogP contribution in [0.15, 0.2) is 18.2 Å². The Hall–Kier alpha value is -1.51. The third kappa shape index (κ3) is 2.35. The second-order valence-corrected chi connectivity index (χ2v) is 5.45. The van der Waals surface area contributed by atoms with Gasteiger partial charge in [0.15, 0.2) is 0 Å². The molecular weight excluding hydrogens is 224 g/mol. The van der Waals surface area contributed by atoms with Crippen LogP contribution in [0.1, 0.15) is 41.6 Å². The van der Waals surface area contributed by atoms with E-state index in [9.17, 15) is 4.79 Å². The van der Waals surface area contributed by atoms with Gasteiger partial charge in [0.05, 0.1) is 0 Å².